The molecule has 0 aromatic heterocycles. The van der Waals surface area contributed by atoms with E-state index in [2.05, 4.69) is 18.7 Å². The lowest BCUT2D eigenvalue weighted by molar-refractivity contribution is 0.0697. The summed E-state index contributed by atoms with van der Waals surface area (Å²) in [5.41, 5.74) is 3.43. The van der Waals surface area contributed by atoms with E-state index in [1.807, 2.05) is 24.3 Å². The fraction of sp³-hybridized carbons (Fsp3) is 0.118. The molecule has 0 atom stereocenters. The van der Waals surface area contributed by atoms with Crippen molar-refractivity contribution in [2.75, 3.05) is 0 Å². The van der Waals surface area contributed by atoms with Crippen molar-refractivity contribution in [2.24, 2.45) is 0 Å². The first kappa shape index (κ1) is 13.1. The number of aryl methyl sites for hydroxylation is 1. The van der Waals surface area contributed by atoms with Gasteiger partial charge in [0.1, 0.15) is 0 Å². The van der Waals surface area contributed by atoms with Crippen molar-refractivity contribution in [3.63, 3.8) is 0 Å². The molecule has 0 bridgehead atoms. The molecule has 1 N–H and O–H groups in total. The third-order valence-corrected chi connectivity index (χ3v) is 3.08. The number of aromatic carboxylic acids is 1. The Labute approximate surface area is 113 Å². The van der Waals surface area contributed by atoms with Crippen molar-refractivity contribution >= 4 is 11.5 Å². The van der Waals surface area contributed by atoms with E-state index < -0.39 is 5.97 Å². The molecule has 2 rings (SSSR count). The van der Waals surface area contributed by atoms with Crippen molar-refractivity contribution in [1.82, 2.24) is 0 Å². The summed E-state index contributed by atoms with van der Waals surface area (Å²) in [6.07, 6.45) is 1.74. The van der Waals surface area contributed by atoms with Crippen molar-refractivity contribution in [1.29, 1.82) is 0 Å². The maximum absolute atomic E-state index is 10.9. The molecule has 0 aliphatic heterocycles. The highest BCUT2D eigenvalue weighted by molar-refractivity contribution is 5.88. The van der Waals surface area contributed by atoms with Crippen LogP contribution >= 0.6 is 0 Å². The highest BCUT2D eigenvalue weighted by atomic mass is 16.4. The Morgan fingerprint density at radius 1 is 1.00 bits per heavy atom. The van der Waals surface area contributed by atoms with E-state index >= 15 is 0 Å². The van der Waals surface area contributed by atoms with Crippen molar-refractivity contribution in [3.05, 3.63) is 77.9 Å². The van der Waals surface area contributed by atoms with Gasteiger partial charge in [0.15, 0.2) is 0 Å². The third-order valence-electron chi connectivity index (χ3n) is 3.08. The van der Waals surface area contributed by atoms with E-state index in [0.717, 1.165) is 24.0 Å². The highest BCUT2D eigenvalue weighted by Crippen LogP contribution is 2.19. The van der Waals surface area contributed by atoms with E-state index in [4.69, 9.17) is 5.11 Å². The first-order valence-corrected chi connectivity index (χ1v) is 6.22. The molecule has 2 heteroatoms. The number of carbonyl (C=O) groups is 1. The molecular weight excluding hydrogens is 236 g/mol. The van der Waals surface area contributed by atoms with Gasteiger partial charge in [-0.1, -0.05) is 49.0 Å². The van der Waals surface area contributed by atoms with Gasteiger partial charge in [0.05, 0.1) is 5.56 Å². The van der Waals surface area contributed by atoms with Crippen LogP contribution in [0.5, 0.6) is 0 Å². The number of hydrogen-bond acceptors (Lipinski definition) is 1. The second kappa shape index (κ2) is 6.01. The molecule has 0 unspecified atom stereocenters. The van der Waals surface area contributed by atoms with Crippen molar-refractivity contribution in [2.45, 2.75) is 12.8 Å². The van der Waals surface area contributed by atoms with Crippen LogP contribution in [0, 0.1) is 0 Å². The van der Waals surface area contributed by atoms with Gasteiger partial charge in [0.25, 0.3) is 0 Å². The molecule has 0 fully saturated rings. The third kappa shape index (κ3) is 3.55. The number of benzene rings is 2. The number of allylic oxidation sites excluding steroid dienone is 1. The highest BCUT2D eigenvalue weighted by Gasteiger charge is 2.05. The average molecular weight is 252 g/mol. The number of carboxylic acid groups (broad SMARTS) is 1. The van der Waals surface area contributed by atoms with Gasteiger partial charge in [-0.15, -0.1) is 0 Å². The molecule has 96 valence electrons. The Balaban J connectivity index is 2.04. The summed E-state index contributed by atoms with van der Waals surface area (Å²) in [7, 11) is 0. The molecule has 0 heterocycles. The van der Waals surface area contributed by atoms with Gasteiger partial charge < -0.3 is 5.11 Å². The minimum Gasteiger partial charge on any atom is -0.478 e. The van der Waals surface area contributed by atoms with Gasteiger partial charge >= 0.3 is 5.97 Å². The van der Waals surface area contributed by atoms with Crippen LogP contribution in [0.4, 0.5) is 0 Å². The zero-order valence-electron chi connectivity index (χ0n) is 10.7. The second-order valence-corrected chi connectivity index (χ2v) is 4.48. The van der Waals surface area contributed by atoms with Crippen LogP contribution in [0.15, 0.2) is 61.2 Å². The Kier molecular flexibility index (Phi) is 4.14. The molecular formula is C17H16O2. The number of carboxylic acids is 1. The van der Waals surface area contributed by atoms with E-state index in [9.17, 15) is 4.79 Å². The van der Waals surface area contributed by atoms with Crippen LogP contribution < -0.4 is 0 Å². The minimum absolute atomic E-state index is 0.304. The lowest BCUT2D eigenvalue weighted by Crippen LogP contribution is -1.97. The molecule has 0 spiro atoms. The summed E-state index contributed by atoms with van der Waals surface area (Å²) in [6.45, 7) is 4.05. The topological polar surface area (TPSA) is 37.3 Å². The van der Waals surface area contributed by atoms with Crippen LogP contribution in [-0.2, 0) is 6.42 Å². The summed E-state index contributed by atoms with van der Waals surface area (Å²) >= 11 is 0. The maximum atomic E-state index is 10.9. The average Bonchev–Trinajstić information content (AvgIpc) is 2.46. The van der Waals surface area contributed by atoms with Gasteiger partial charge in [-0.05, 0) is 41.7 Å². The Bertz CT molecular complexity index is 585. The fourth-order valence-electron chi connectivity index (χ4n) is 1.96. The Morgan fingerprint density at radius 2 is 1.68 bits per heavy atom. The lowest BCUT2D eigenvalue weighted by atomic mass is 9.98. The molecule has 19 heavy (non-hydrogen) atoms. The van der Waals surface area contributed by atoms with Gasteiger partial charge in [0.2, 0.25) is 0 Å². The van der Waals surface area contributed by atoms with Gasteiger partial charge in [-0.25, -0.2) is 4.79 Å². The quantitative estimate of drug-likeness (QED) is 0.872. The standard InChI is InChI=1S/C17H16O2/c1-13(10-11-14-6-3-2-4-7-14)15-8-5-9-16(12-15)17(18)19/h2-9,12H,1,10-11H2,(H,18,19). The molecule has 2 nitrogen and oxygen atoms in total. The summed E-state index contributed by atoms with van der Waals surface area (Å²) in [5, 5.41) is 8.97. The molecule has 2 aromatic carbocycles. The fourth-order valence-corrected chi connectivity index (χ4v) is 1.96. The number of hydrogen-bond donors (Lipinski definition) is 1. The van der Waals surface area contributed by atoms with Crippen LogP contribution in [0.3, 0.4) is 0 Å². The molecule has 0 aliphatic rings. The van der Waals surface area contributed by atoms with E-state index in [1.165, 1.54) is 5.56 Å². The van der Waals surface area contributed by atoms with E-state index in [1.54, 1.807) is 18.2 Å². The SMILES string of the molecule is C=C(CCc1ccccc1)c1cccc(C(=O)O)c1. The van der Waals surface area contributed by atoms with Crippen molar-refractivity contribution < 1.29 is 9.90 Å². The second-order valence-electron chi connectivity index (χ2n) is 4.48. The molecule has 0 radical (unpaired) electrons. The zero-order valence-corrected chi connectivity index (χ0v) is 10.7. The molecule has 0 aliphatic carbocycles. The summed E-state index contributed by atoms with van der Waals surface area (Å²) in [5.74, 6) is -0.905. The normalized spacial score (nSPS) is 10.1. The molecule has 0 saturated carbocycles. The summed E-state index contributed by atoms with van der Waals surface area (Å²) in [6, 6.07) is 17.1. The van der Waals surface area contributed by atoms with Gasteiger partial charge in [0, 0.05) is 0 Å². The first-order chi connectivity index (χ1) is 9.16. The summed E-state index contributed by atoms with van der Waals surface area (Å²) < 4.78 is 0. The largest absolute Gasteiger partial charge is 0.478 e. The predicted octanol–water partition coefficient (Wildman–Crippen LogP) is 4.03. The van der Waals surface area contributed by atoms with Crippen LogP contribution in [-0.4, -0.2) is 11.1 Å². The predicted molar refractivity (Wildman–Crippen MR) is 77.2 cm³/mol. The van der Waals surface area contributed by atoms with E-state index in [-0.39, 0.29) is 0 Å². The molecule has 0 saturated heterocycles. The first-order valence-electron chi connectivity index (χ1n) is 6.22. The van der Waals surface area contributed by atoms with E-state index in [0.29, 0.717) is 5.56 Å². The maximum Gasteiger partial charge on any atom is 0.335 e. The van der Waals surface area contributed by atoms with Gasteiger partial charge in [-0.3, -0.25) is 0 Å². The monoisotopic (exact) mass is 252 g/mol. The van der Waals surface area contributed by atoms with Gasteiger partial charge in [-0.2, -0.15) is 0 Å². The lowest BCUT2D eigenvalue weighted by Gasteiger charge is -2.07. The van der Waals surface area contributed by atoms with Crippen molar-refractivity contribution in [3.8, 4) is 0 Å². The number of rotatable bonds is 5. The van der Waals surface area contributed by atoms with Crippen LogP contribution in [0.1, 0.15) is 27.9 Å². The van der Waals surface area contributed by atoms with Crippen LogP contribution in [0.25, 0.3) is 5.57 Å². The smallest absolute Gasteiger partial charge is 0.335 e. The van der Waals surface area contributed by atoms with Crippen LogP contribution in [0.2, 0.25) is 0 Å². The molecule has 0 amide bonds. The minimum atomic E-state index is -0.905. The Morgan fingerprint density at radius 3 is 2.37 bits per heavy atom. The zero-order chi connectivity index (χ0) is 13.7. The molecule has 2 aromatic rings. The Hall–Kier alpha value is -2.35. The summed E-state index contributed by atoms with van der Waals surface area (Å²) in [4.78, 5) is 10.9.